The van der Waals surface area contributed by atoms with Gasteiger partial charge in [0.2, 0.25) is 0 Å². The Morgan fingerprint density at radius 3 is 2.86 bits per heavy atom. The lowest BCUT2D eigenvalue weighted by Crippen LogP contribution is -2.18. The first kappa shape index (κ1) is 10.3. The molecule has 1 aromatic rings. The fourth-order valence-corrected chi connectivity index (χ4v) is 1.37. The summed E-state index contributed by atoms with van der Waals surface area (Å²) in [6.07, 6.45) is 6.57. The molecule has 0 saturated carbocycles. The Bertz CT molecular complexity index is 352. The molecule has 1 rings (SSSR count). The molecule has 0 unspecified atom stereocenters. The highest BCUT2D eigenvalue weighted by Crippen LogP contribution is 2.18. The Morgan fingerprint density at radius 1 is 1.50 bits per heavy atom. The van der Waals surface area contributed by atoms with Crippen LogP contribution in [-0.4, -0.2) is 19.9 Å². The summed E-state index contributed by atoms with van der Waals surface area (Å²) in [6.45, 7) is 0.551. The van der Waals surface area contributed by atoms with Crippen LogP contribution < -0.4 is 4.90 Å². The van der Waals surface area contributed by atoms with Crippen molar-refractivity contribution in [1.82, 2.24) is 0 Å². The molecule has 0 bridgehead atoms. The van der Waals surface area contributed by atoms with Gasteiger partial charge in [0.1, 0.15) is 6.29 Å². The van der Waals surface area contributed by atoms with Crippen LogP contribution in [0, 0.1) is 12.3 Å². The normalized spacial score (nSPS) is 9.14. The van der Waals surface area contributed by atoms with Crippen molar-refractivity contribution in [2.45, 2.75) is 6.42 Å². The Kier molecular flexibility index (Phi) is 3.75. The van der Waals surface area contributed by atoms with Crippen molar-refractivity contribution in [3.63, 3.8) is 0 Å². The van der Waals surface area contributed by atoms with E-state index >= 15 is 0 Å². The maximum Gasteiger partial charge on any atom is 0.124 e. The third kappa shape index (κ3) is 2.37. The van der Waals surface area contributed by atoms with Crippen molar-refractivity contribution < 1.29 is 4.79 Å². The minimum atomic E-state index is 0.436. The highest BCUT2D eigenvalue weighted by Gasteiger charge is 2.04. The summed E-state index contributed by atoms with van der Waals surface area (Å²) < 4.78 is 0. The van der Waals surface area contributed by atoms with Crippen LogP contribution in [0.3, 0.4) is 0 Å². The van der Waals surface area contributed by atoms with Crippen molar-refractivity contribution in [2.75, 3.05) is 18.5 Å². The number of aldehydes is 1. The Morgan fingerprint density at radius 2 is 2.21 bits per heavy atom. The number of carbonyl (C=O) groups excluding carboxylic acids is 1. The highest BCUT2D eigenvalue weighted by atomic mass is 16.1. The van der Waals surface area contributed by atoms with Crippen LogP contribution in [0.1, 0.15) is 5.56 Å². The second-order valence-electron chi connectivity index (χ2n) is 3.06. The van der Waals surface area contributed by atoms with Crippen LogP contribution in [0.4, 0.5) is 5.69 Å². The molecular formula is C12H13NO. The summed E-state index contributed by atoms with van der Waals surface area (Å²) in [4.78, 5) is 12.4. The molecule has 0 atom stereocenters. The molecule has 0 aliphatic rings. The van der Waals surface area contributed by atoms with Gasteiger partial charge in [-0.15, -0.1) is 6.42 Å². The van der Waals surface area contributed by atoms with Gasteiger partial charge in [-0.3, -0.25) is 0 Å². The average molecular weight is 187 g/mol. The molecule has 0 aliphatic carbocycles. The smallest absolute Gasteiger partial charge is 0.124 e. The first-order valence-corrected chi connectivity index (χ1v) is 4.45. The number of hydrogen-bond acceptors (Lipinski definition) is 2. The summed E-state index contributed by atoms with van der Waals surface area (Å²) >= 11 is 0. The first-order chi connectivity index (χ1) is 6.79. The van der Waals surface area contributed by atoms with Crippen molar-refractivity contribution >= 4 is 12.0 Å². The maximum atomic E-state index is 10.4. The van der Waals surface area contributed by atoms with E-state index in [4.69, 9.17) is 6.42 Å². The molecule has 0 amide bonds. The van der Waals surface area contributed by atoms with Gasteiger partial charge in [-0.25, -0.2) is 0 Å². The van der Waals surface area contributed by atoms with Gasteiger partial charge in [-0.1, -0.05) is 24.1 Å². The van der Waals surface area contributed by atoms with Crippen molar-refractivity contribution in [2.24, 2.45) is 0 Å². The number of hydrogen-bond donors (Lipinski definition) is 0. The van der Waals surface area contributed by atoms with Crippen LogP contribution in [0.15, 0.2) is 24.3 Å². The average Bonchev–Trinajstić information content (AvgIpc) is 2.19. The fraction of sp³-hybridized carbons (Fsp3) is 0.250. The molecule has 0 heterocycles. The van der Waals surface area contributed by atoms with Gasteiger partial charge in [-0.2, -0.15) is 0 Å². The molecule has 0 fully saturated rings. The lowest BCUT2D eigenvalue weighted by atomic mass is 10.1. The largest absolute Gasteiger partial charge is 0.363 e. The van der Waals surface area contributed by atoms with Crippen LogP contribution >= 0.6 is 0 Å². The van der Waals surface area contributed by atoms with E-state index in [1.54, 1.807) is 0 Å². The van der Waals surface area contributed by atoms with Gasteiger partial charge in [0.15, 0.2) is 0 Å². The molecule has 2 nitrogen and oxygen atoms in total. The van der Waals surface area contributed by atoms with Crippen LogP contribution in [0.5, 0.6) is 0 Å². The van der Waals surface area contributed by atoms with E-state index in [9.17, 15) is 4.79 Å². The molecule has 0 saturated heterocycles. The van der Waals surface area contributed by atoms with Gasteiger partial charge < -0.3 is 9.69 Å². The SMILES string of the molecule is C#CCN(C)c1ccccc1CC=O. The van der Waals surface area contributed by atoms with Gasteiger partial charge in [-0.05, 0) is 11.6 Å². The maximum absolute atomic E-state index is 10.4. The van der Waals surface area contributed by atoms with Crippen LogP contribution in [-0.2, 0) is 11.2 Å². The number of rotatable bonds is 4. The molecule has 0 radical (unpaired) electrons. The van der Waals surface area contributed by atoms with E-state index in [-0.39, 0.29) is 0 Å². The lowest BCUT2D eigenvalue weighted by molar-refractivity contribution is -0.107. The molecule has 1 aromatic carbocycles. The first-order valence-electron chi connectivity index (χ1n) is 4.45. The molecule has 2 heteroatoms. The van der Waals surface area contributed by atoms with E-state index in [1.807, 2.05) is 36.2 Å². The molecule has 72 valence electrons. The van der Waals surface area contributed by atoms with Gasteiger partial charge in [0, 0.05) is 19.2 Å². The predicted molar refractivity (Wildman–Crippen MR) is 58.3 cm³/mol. The summed E-state index contributed by atoms with van der Waals surface area (Å²) in [6, 6.07) is 7.77. The topological polar surface area (TPSA) is 20.3 Å². The van der Waals surface area contributed by atoms with E-state index < -0.39 is 0 Å². The second kappa shape index (κ2) is 5.08. The Hall–Kier alpha value is -1.75. The molecule has 0 N–H and O–H groups in total. The second-order valence-corrected chi connectivity index (χ2v) is 3.06. The highest BCUT2D eigenvalue weighted by molar-refractivity contribution is 5.63. The quantitative estimate of drug-likeness (QED) is 0.526. The van der Waals surface area contributed by atoms with E-state index in [1.165, 1.54) is 0 Å². The standard InChI is InChI=1S/C12H13NO/c1-3-9-13(2)12-7-5-4-6-11(12)8-10-14/h1,4-7,10H,8-9H2,2H3. The van der Waals surface area contributed by atoms with Crippen LogP contribution in [0.25, 0.3) is 0 Å². The summed E-state index contributed by atoms with van der Waals surface area (Å²) in [7, 11) is 1.92. The van der Waals surface area contributed by atoms with Crippen molar-refractivity contribution in [3.05, 3.63) is 29.8 Å². The van der Waals surface area contributed by atoms with Crippen LogP contribution in [0.2, 0.25) is 0 Å². The summed E-state index contributed by atoms with van der Waals surface area (Å²) in [5.41, 5.74) is 2.04. The van der Waals surface area contributed by atoms with Gasteiger partial charge in [0.05, 0.1) is 6.54 Å². The molecule has 0 aromatic heterocycles. The number of carbonyl (C=O) groups is 1. The summed E-state index contributed by atoms with van der Waals surface area (Å²) in [5.74, 6) is 2.57. The Balaban J connectivity index is 2.94. The van der Waals surface area contributed by atoms with Gasteiger partial charge in [0.25, 0.3) is 0 Å². The van der Waals surface area contributed by atoms with Crippen molar-refractivity contribution in [1.29, 1.82) is 0 Å². The summed E-state index contributed by atoms with van der Waals surface area (Å²) in [5, 5.41) is 0. The van der Waals surface area contributed by atoms with E-state index in [0.717, 1.165) is 17.5 Å². The van der Waals surface area contributed by atoms with E-state index in [2.05, 4.69) is 5.92 Å². The third-order valence-corrected chi connectivity index (χ3v) is 2.03. The zero-order valence-corrected chi connectivity index (χ0v) is 8.23. The predicted octanol–water partition coefficient (Wildman–Crippen LogP) is 1.50. The number of para-hydroxylation sites is 1. The number of anilines is 1. The third-order valence-electron chi connectivity index (χ3n) is 2.03. The molecule has 14 heavy (non-hydrogen) atoms. The zero-order chi connectivity index (χ0) is 10.4. The molecule has 0 spiro atoms. The lowest BCUT2D eigenvalue weighted by Gasteiger charge is -2.18. The number of benzene rings is 1. The minimum Gasteiger partial charge on any atom is -0.363 e. The Labute approximate surface area is 84.5 Å². The number of terminal acetylenes is 1. The molecule has 0 aliphatic heterocycles. The van der Waals surface area contributed by atoms with Crippen molar-refractivity contribution in [3.8, 4) is 12.3 Å². The molecular weight excluding hydrogens is 174 g/mol. The number of nitrogens with zero attached hydrogens (tertiary/aromatic N) is 1. The monoisotopic (exact) mass is 187 g/mol. The van der Waals surface area contributed by atoms with E-state index in [0.29, 0.717) is 13.0 Å². The minimum absolute atomic E-state index is 0.436. The zero-order valence-electron chi connectivity index (χ0n) is 8.23. The van der Waals surface area contributed by atoms with Gasteiger partial charge >= 0.3 is 0 Å². The fourth-order valence-electron chi connectivity index (χ4n) is 1.37.